The van der Waals surface area contributed by atoms with Gasteiger partial charge in [0.1, 0.15) is 18.1 Å². The number of rotatable bonds is 8. The number of ether oxygens (including phenoxy) is 2. The lowest BCUT2D eigenvalue weighted by atomic mass is 10.1. The number of pyridine rings is 3. The van der Waals surface area contributed by atoms with Crippen molar-refractivity contribution in [3.05, 3.63) is 102 Å². The van der Waals surface area contributed by atoms with Gasteiger partial charge in [-0.05, 0) is 55.0 Å². The lowest BCUT2D eigenvalue weighted by Gasteiger charge is -2.08. The summed E-state index contributed by atoms with van der Waals surface area (Å²) in [6, 6.07) is 21.4. The molecular formula is C26H24N4O2. The van der Waals surface area contributed by atoms with Gasteiger partial charge in [0.05, 0.1) is 36.4 Å². The van der Waals surface area contributed by atoms with E-state index in [0.29, 0.717) is 12.4 Å². The van der Waals surface area contributed by atoms with Crippen molar-refractivity contribution >= 4 is 6.21 Å². The van der Waals surface area contributed by atoms with Crippen LogP contribution in [0, 0.1) is 0 Å². The van der Waals surface area contributed by atoms with E-state index in [0.717, 1.165) is 34.0 Å². The molecule has 0 aliphatic rings. The molecule has 1 aromatic carbocycles. The predicted molar refractivity (Wildman–Crippen MR) is 125 cm³/mol. The Balaban J connectivity index is 1.31. The van der Waals surface area contributed by atoms with E-state index in [1.165, 1.54) is 0 Å². The van der Waals surface area contributed by atoms with Gasteiger partial charge in [0.2, 0.25) is 0 Å². The van der Waals surface area contributed by atoms with Crippen LogP contribution in [0.15, 0.2) is 90.3 Å². The largest absolute Gasteiger partial charge is 0.497 e. The van der Waals surface area contributed by atoms with E-state index < -0.39 is 0 Å². The summed E-state index contributed by atoms with van der Waals surface area (Å²) in [6.07, 6.45) is 7.04. The Morgan fingerprint density at radius 1 is 0.844 bits per heavy atom. The first-order valence-corrected chi connectivity index (χ1v) is 10.3. The second kappa shape index (κ2) is 10.3. The van der Waals surface area contributed by atoms with Crippen LogP contribution in [0.5, 0.6) is 11.5 Å². The molecule has 0 unspecified atom stereocenters. The van der Waals surface area contributed by atoms with E-state index in [1.807, 2.05) is 73.7 Å². The van der Waals surface area contributed by atoms with Crippen LogP contribution in [-0.2, 0) is 6.61 Å². The fraction of sp³-hybridized carbons (Fsp3) is 0.154. The number of aliphatic imine (C=N–C) groups is 1. The van der Waals surface area contributed by atoms with Crippen molar-refractivity contribution in [3.8, 4) is 22.9 Å². The Bertz CT molecular complexity index is 1140. The van der Waals surface area contributed by atoms with E-state index >= 15 is 0 Å². The van der Waals surface area contributed by atoms with Crippen molar-refractivity contribution in [2.75, 3.05) is 7.11 Å². The lowest BCUT2D eigenvalue weighted by Crippen LogP contribution is -1.98. The average Bonchev–Trinajstić information content (AvgIpc) is 2.87. The molecule has 3 heterocycles. The van der Waals surface area contributed by atoms with Crippen molar-refractivity contribution in [1.82, 2.24) is 15.0 Å². The molecule has 6 heteroatoms. The molecule has 0 aliphatic heterocycles. The van der Waals surface area contributed by atoms with Crippen LogP contribution in [0.1, 0.15) is 29.8 Å². The quantitative estimate of drug-likeness (QED) is 0.359. The van der Waals surface area contributed by atoms with E-state index in [-0.39, 0.29) is 6.04 Å². The molecule has 6 nitrogen and oxygen atoms in total. The highest BCUT2D eigenvalue weighted by atomic mass is 16.5. The Kier molecular flexibility index (Phi) is 6.82. The van der Waals surface area contributed by atoms with Gasteiger partial charge in [-0.25, -0.2) is 0 Å². The molecule has 0 bridgehead atoms. The van der Waals surface area contributed by atoms with E-state index in [1.54, 1.807) is 31.9 Å². The average molecular weight is 425 g/mol. The maximum absolute atomic E-state index is 5.83. The molecule has 0 N–H and O–H groups in total. The number of methoxy groups -OCH3 is 1. The molecule has 3 aromatic heterocycles. The van der Waals surface area contributed by atoms with E-state index in [4.69, 9.17) is 9.47 Å². The molecule has 32 heavy (non-hydrogen) atoms. The van der Waals surface area contributed by atoms with Gasteiger partial charge in [0.25, 0.3) is 0 Å². The second-order valence-electron chi connectivity index (χ2n) is 7.20. The third-order valence-electron chi connectivity index (χ3n) is 4.95. The minimum atomic E-state index is 0.0280. The first kappa shape index (κ1) is 21.2. The molecule has 0 radical (unpaired) electrons. The summed E-state index contributed by atoms with van der Waals surface area (Å²) < 4.78 is 11.0. The first-order chi connectivity index (χ1) is 15.7. The Morgan fingerprint density at radius 3 is 2.31 bits per heavy atom. The van der Waals surface area contributed by atoms with Crippen LogP contribution in [0.3, 0.4) is 0 Å². The summed E-state index contributed by atoms with van der Waals surface area (Å²) in [5, 5.41) is 0. The highest BCUT2D eigenvalue weighted by molar-refractivity contribution is 5.77. The lowest BCUT2D eigenvalue weighted by molar-refractivity contribution is 0.304. The maximum atomic E-state index is 5.83. The smallest absolute Gasteiger partial charge is 0.138 e. The molecule has 160 valence electrons. The van der Waals surface area contributed by atoms with Gasteiger partial charge in [-0.15, -0.1) is 0 Å². The van der Waals surface area contributed by atoms with E-state index in [2.05, 4.69) is 19.9 Å². The van der Waals surface area contributed by atoms with Crippen molar-refractivity contribution in [2.24, 2.45) is 4.99 Å². The van der Waals surface area contributed by atoms with Gasteiger partial charge >= 0.3 is 0 Å². The molecule has 0 fully saturated rings. The van der Waals surface area contributed by atoms with Gasteiger partial charge in [-0.3, -0.25) is 19.9 Å². The van der Waals surface area contributed by atoms with Gasteiger partial charge in [0.15, 0.2) is 0 Å². The van der Waals surface area contributed by atoms with E-state index in [9.17, 15) is 0 Å². The summed E-state index contributed by atoms with van der Waals surface area (Å²) in [5.41, 5.74) is 4.55. The molecule has 4 rings (SSSR count). The van der Waals surface area contributed by atoms with Crippen LogP contribution in [0.25, 0.3) is 11.4 Å². The Labute approximate surface area is 187 Å². The number of benzene rings is 1. The Morgan fingerprint density at radius 2 is 1.66 bits per heavy atom. The SMILES string of the molecule is COc1ccc([C@@H](C)N=Cc2ccc(OCc3ccc(-c4ccccn4)nc3)cn2)cc1. The number of nitrogens with zero attached hydrogens (tertiary/aromatic N) is 4. The fourth-order valence-corrected chi connectivity index (χ4v) is 3.05. The zero-order valence-electron chi connectivity index (χ0n) is 18.1. The van der Waals surface area contributed by atoms with Crippen molar-refractivity contribution in [2.45, 2.75) is 19.6 Å². The third kappa shape index (κ3) is 5.55. The van der Waals surface area contributed by atoms with Crippen LogP contribution >= 0.6 is 0 Å². The number of hydrogen-bond acceptors (Lipinski definition) is 6. The summed E-state index contributed by atoms with van der Waals surface area (Å²) in [7, 11) is 1.66. The maximum Gasteiger partial charge on any atom is 0.138 e. The topological polar surface area (TPSA) is 69.5 Å². The summed E-state index contributed by atoms with van der Waals surface area (Å²) in [4.78, 5) is 17.8. The summed E-state index contributed by atoms with van der Waals surface area (Å²) >= 11 is 0. The van der Waals surface area contributed by atoms with Crippen LogP contribution < -0.4 is 9.47 Å². The minimum Gasteiger partial charge on any atom is -0.497 e. The fourth-order valence-electron chi connectivity index (χ4n) is 3.05. The number of aromatic nitrogens is 3. The molecule has 0 saturated heterocycles. The van der Waals surface area contributed by atoms with Crippen LogP contribution in [0.4, 0.5) is 0 Å². The molecule has 4 aromatic rings. The van der Waals surface area contributed by atoms with Gasteiger partial charge in [0, 0.05) is 24.2 Å². The molecule has 0 saturated carbocycles. The Hall–Kier alpha value is -4.06. The molecule has 0 spiro atoms. The standard InChI is InChI=1S/C26H24N4O2/c1-19(21-7-10-23(31-2)11-8-21)28-16-22-9-12-24(17-29-22)32-18-20-6-13-26(30-15-20)25-5-3-4-14-27-25/h3-17,19H,18H2,1-2H3/t19-/m1/s1. The summed E-state index contributed by atoms with van der Waals surface area (Å²) in [6.45, 7) is 2.46. The highest BCUT2D eigenvalue weighted by Crippen LogP contribution is 2.20. The number of hydrogen-bond donors (Lipinski definition) is 0. The third-order valence-corrected chi connectivity index (χ3v) is 4.95. The second-order valence-corrected chi connectivity index (χ2v) is 7.20. The first-order valence-electron chi connectivity index (χ1n) is 10.3. The highest BCUT2D eigenvalue weighted by Gasteiger charge is 2.04. The minimum absolute atomic E-state index is 0.0280. The summed E-state index contributed by atoms with van der Waals surface area (Å²) in [5.74, 6) is 1.53. The zero-order valence-corrected chi connectivity index (χ0v) is 18.1. The molecule has 0 aliphatic carbocycles. The van der Waals surface area contributed by atoms with Gasteiger partial charge in [-0.1, -0.05) is 24.3 Å². The molecule has 1 atom stereocenters. The van der Waals surface area contributed by atoms with Crippen LogP contribution in [0.2, 0.25) is 0 Å². The van der Waals surface area contributed by atoms with Crippen molar-refractivity contribution in [3.63, 3.8) is 0 Å². The molecular weight excluding hydrogens is 400 g/mol. The molecule has 0 amide bonds. The normalized spacial score (nSPS) is 11.9. The zero-order chi connectivity index (χ0) is 22.2. The van der Waals surface area contributed by atoms with Gasteiger partial charge in [-0.2, -0.15) is 0 Å². The van der Waals surface area contributed by atoms with Crippen molar-refractivity contribution in [1.29, 1.82) is 0 Å². The monoisotopic (exact) mass is 424 g/mol. The van der Waals surface area contributed by atoms with Crippen molar-refractivity contribution < 1.29 is 9.47 Å². The predicted octanol–water partition coefficient (Wildman–Crippen LogP) is 5.31. The van der Waals surface area contributed by atoms with Gasteiger partial charge < -0.3 is 9.47 Å². The van der Waals surface area contributed by atoms with Crippen LogP contribution in [-0.4, -0.2) is 28.3 Å².